The number of hydrogen-bond acceptors (Lipinski definition) is 3. The lowest BCUT2D eigenvalue weighted by atomic mass is 10.0. The van der Waals surface area contributed by atoms with Gasteiger partial charge in [-0.1, -0.05) is 35.0 Å². The van der Waals surface area contributed by atoms with Gasteiger partial charge in [-0.15, -0.1) is 0 Å². The molecule has 2 aromatic carbocycles. The van der Waals surface area contributed by atoms with Crippen LogP contribution in [0.1, 0.15) is 0 Å². The second-order valence-electron chi connectivity index (χ2n) is 4.41. The van der Waals surface area contributed by atoms with E-state index in [1.54, 1.807) is 18.2 Å². The van der Waals surface area contributed by atoms with Crippen molar-refractivity contribution in [2.24, 2.45) is 0 Å². The molecule has 2 N–H and O–H groups in total. The number of anilines is 1. The molecule has 1 aromatic heterocycles. The van der Waals surface area contributed by atoms with Crippen LogP contribution in [0.3, 0.4) is 0 Å². The lowest BCUT2D eigenvalue weighted by Crippen LogP contribution is -1.88. The molecule has 0 aliphatic rings. The van der Waals surface area contributed by atoms with Gasteiger partial charge in [0, 0.05) is 10.0 Å². The summed E-state index contributed by atoms with van der Waals surface area (Å²) in [4.78, 5) is 0. The molecule has 0 saturated carbocycles. The Hall–Kier alpha value is -1.85. The van der Waals surface area contributed by atoms with Crippen molar-refractivity contribution in [3.8, 4) is 22.4 Å². The molecule has 3 aromatic rings. The van der Waals surface area contributed by atoms with Gasteiger partial charge in [0.1, 0.15) is 11.5 Å². The van der Waals surface area contributed by atoms with Crippen LogP contribution < -0.4 is 5.73 Å². The highest BCUT2D eigenvalue weighted by Gasteiger charge is 2.18. The van der Waals surface area contributed by atoms with E-state index in [9.17, 15) is 4.39 Å². The summed E-state index contributed by atoms with van der Waals surface area (Å²) < 4.78 is 18.9. The van der Waals surface area contributed by atoms with Crippen molar-refractivity contribution in [2.75, 3.05) is 5.73 Å². The van der Waals surface area contributed by atoms with Gasteiger partial charge in [-0.2, -0.15) is 0 Å². The van der Waals surface area contributed by atoms with E-state index in [1.807, 2.05) is 12.1 Å². The minimum absolute atomic E-state index is 0.177. The maximum Gasteiger partial charge on any atom is 0.230 e. The largest absolute Gasteiger partial charge is 0.367 e. The Morgan fingerprint density at radius 1 is 1.10 bits per heavy atom. The molecule has 0 aliphatic heterocycles. The lowest BCUT2D eigenvalue weighted by Gasteiger charge is -2.04. The van der Waals surface area contributed by atoms with Crippen molar-refractivity contribution >= 4 is 33.4 Å². The Balaban J connectivity index is 2.16. The van der Waals surface area contributed by atoms with E-state index in [0.717, 1.165) is 15.6 Å². The average molecular weight is 368 g/mol. The Labute approximate surface area is 133 Å². The highest BCUT2D eigenvalue weighted by Crippen LogP contribution is 2.38. The summed E-state index contributed by atoms with van der Waals surface area (Å²) in [6, 6.07) is 11.4. The monoisotopic (exact) mass is 366 g/mol. The highest BCUT2D eigenvalue weighted by molar-refractivity contribution is 9.10. The van der Waals surface area contributed by atoms with Gasteiger partial charge < -0.3 is 10.3 Å². The lowest BCUT2D eigenvalue weighted by molar-refractivity contribution is 0.439. The third-order valence-electron chi connectivity index (χ3n) is 3.04. The zero-order valence-electron chi connectivity index (χ0n) is 10.6. The Bertz CT molecular complexity index is 802. The zero-order chi connectivity index (χ0) is 15.0. The van der Waals surface area contributed by atoms with Crippen LogP contribution in [0.15, 0.2) is 51.5 Å². The third-order valence-corrected chi connectivity index (χ3v) is 4.28. The first-order valence-corrected chi connectivity index (χ1v) is 7.20. The van der Waals surface area contributed by atoms with Crippen LogP contribution in [0.2, 0.25) is 5.02 Å². The number of rotatable bonds is 2. The molecule has 0 spiro atoms. The first kappa shape index (κ1) is 14.1. The maximum atomic E-state index is 13.1. The minimum Gasteiger partial charge on any atom is -0.367 e. The predicted octanol–water partition coefficient (Wildman–Crippen LogP) is 5.15. The van der Waals surface area contributed by atoms with Crippen LogP contribution in [-0.4, -0.2) is 5.16 Å². The molecule has 3 nitrogen and oxygen atoms in total. The van der Waals surface area contributed by atoms with Crippen LogP contribution in [0.4, 0.5) is 10.3 Å². The molecule has 1 heterocycles. The highest BCUT2D eigenvalue weighted by atomic mass is 79.9. The van der Waals surface area contributed by atoms with Crippen molar-refractivity contribution in [3.63, 3.8) is 0 Å². The molecule has 6 heteroatoms. The summed E-state index contributed by atoms with van der Waals surface area (Å²) in [5.74, 6) is -0.141. The van der Waals surface area contributed by atoms with Gasteiger partial charge in [-0.3, -0.25) is 0 Å². The van der Waals surface area contributed by atoms with Crippen LogP contribution in [-0.2, 0) is 0 Å². The van der Waals surface area contributed by atoms with E-state index in [-0.39, 0.29) is 11.7 Å². The SMILES string of the molecule is Nc1onc(-c2ccc(Br)c(Cl)c2)c1-c1ccc(F)cc1. The van der Waals surface area contributed by atoms with Gasteiger partial charge in [-0.05, 0) is 45.8 Å². The Morgan fingerprint density at radius 3 is 2.43 bits per heavy atom. The summed E-state index contributed by atoms with van der Waals surface area (Å²) in [7, 11) is 0. The topological polar surface area (TPSA) is 52.0 Å². The van der Waals surface area contributed by atoms with Crippen molar-refractivity contribution < 1.29 is 8.91 Å². The van der Waals surface area contributed by atoms with Crippen molar-refractivity contribution in [1.29, 1.82) is 0 Å². The number of nitrogen functional groups attached to an aromatic ring is 1. The normalized spacial score (nSPS) is 10.8. The number of nitrogens with zero attached hydrogens (tertiary/aromatic N) is 1. The molecular weight excluding hydrogens is 359 g/mol. The number of nitrogens with two attached hydrogens (primary N) is 1. The van der Waals surface area contributed by atoms with E-state index in [0.29, 0.717) is 16.3 Å². The fourth-order valence-corrected chi connectivity index (χ4v) is 2.47. The van der Waals surface area contributed by atoms with Gasteiger partial charge in [0.15, 0.2) is 0 Å². The van der Waals surface area contributed by atoms with Gasteiger partial charge in [0.25, 0.3) is 0 Å². The van der Waals surface area contributed by atoms with Crippen molar-refractivity contribution in [1.82, 2.24) is 5.16 Å². The summed E-state index contributed by atoms with van der Waals surface area (Å²) in [6.07, 6.45) is 0. The third kappa shape index (κ3) is 2.66. The standard InChI is InChI=1S/C15H9BrClFN2O/c16-11-6-3-9(7-12(11)17)14-13(15(19)21-20-14)8-1-4-10(18)5-2-8/h1-7H,19H2. The van der Waals surface area contributed by atoms with Gasteiger partial charge in [0.2, 0.25) is 5.88 Å². The predicted molar refractivity (Wildman–Crippen MR) is 84.5 cm³/mol. The van der Waals surface area contributed by atoms with Crippen LogP contribution in [0, 0.1) is 5.82 Å². The second kappa shape index (κ2) is 5.50. The van der Waals surface area contributed by atoms with E-state index in [2.05, 4.69) is 21.1 Å². The van der Waals surface area contributed by atoms with Crippen LogP contribution in [0.5, 0.6) is 0 Å². The number of hydrogen-bond donors (Lipinski definition) is 1. The molecule has 0 amide bonds. The molecule has 106 valence electrons. The quantitative estimate of drug-likeness (QED) is 0.682. The molecular formula is C15H9BrClFN2O. The van der Waals surface area contributed by atoms with Gasteiger partial charge in [0.05, 0.1) is 10.6 Å². The molecule has 0 fully saturated rings. The molecule has 21 heavy (non-hydrogen) atoms. The van der Waals surface area contributed by atoms with E-state index in [1.165, 1.54) is 12.1 Å². The second-order valence-corrected chi connectivity index (χ2v) is 5.67. The maximum absolute atomic E-state index is 13.1. The molecule has 0 atom stereocenters. The number of benzene rings is 2. The van der Waals surface area contributed by atoms with E-state index in [4.69, 9.17) is 21.9 Å². The van der Waals surface area contributed by atoms with Gasteiger partial charge >= 0.3 is 0 Å². The van der Waals surface area contributed by atoms with Crippen LogP contribution in [0.25, 0.3) is 22.4 Å². The average Bonchev–Trinajstić information content (AvgIpc) is 2.85. The minimum atomic E-state index is -0.318. The molecule has 0 radical (unpaired) electrons. The summed E-state index contributed by atoms with van der Waals surface area (Å²) in [6.45, 7) is 0. The van der Waals surface area contributed by atoms with E-state index >= 15 is 0 Å². The summed E-state index contributed by atoms with van der Waals surface area (Å²) in [5, 5.41) is 4.54. The Morgan fingerprint density at radius 2 is 1.76 bits per heavy atom. The Kier molecular flexibility index (Phi) is 3.69. The molecule has 0 unspecified atom stereocenters. The fraction of sp³-hybridized carbons (Fsp3) is 0. The van der Waals surface area contributed by atoms with Crippen molar-refractivity contribution in [2.45, 2.75) is 0 Å². The number of halogens is 3. The molecule has 0 aliphatic carbocycles. The fourth-order valence-electron chi connectivity index (χ4n) is 2.04. The number of aromatic nitrogens is 1. The van der Waals surface area contributed by atoms with E-state index < -0.39 is 0 Å². The molecule has 0 bridgehead atoms. The molecule has 0 saturated heterocycles. The van der Waals surface area contributed by atoms with Crippen molar-refractivity contribution in [3.05, 3.63) is 57.8 Å². The summed E-state index contributed by atoms with van der Waals surface area (Å²) in [5.41, 5.74) is 8.53. The first-order chi connectivity index (χ1) is 10.1. The van der Waals surface area contributed by atoms with Crippen LogP contribution >= 0.6 is 27.5 Å². The zero-order valence-corrected chi connectivity index (χ0v) is 13.0. The molecule has 3 rings (SSSR count). The smallest absolute Gasteiger partial charge is 0.230 e. The van der Waals surface area contributed by atoms with Gasteiger partial charge in [-0.25, -0.2) is 4.39 Å². The first-order valence-electron chi connectivity index (χ1n) is 6.03. The summed E-state index contributed by atoms with van der Waals surface area (Å²) >= 11 is 9.44.